The SMILES string of the molecule is CC(C)CCSc1cc2c3c(c(SCCC(C)C)cc4c3c1C(=O)N(c1ccc(C(C)(C)C)cc1)C4=O)C(=O)N(c1ccc(C(C)(C)C)cc1)C2=O. The molecule has 4 aromatic rings. The molecule has 2 aliphatic heterocycles. The highest BCUT2D eigenvalue weighted by Gasteiger charge is 2.44. The number of imide groups is 2. The van der Waals surface area contributed by atoms with Gasteiger partial charge in [-0.2, -0.15) is 0 Å². The molecule has 0 N–H and O–H groups in total. The monoisotopic (exact) mass is 734 g/mol. The number of nitrogens with zero attached hydrogens (tertiary/aromatic N) is 2. The fourth-order valence-electron chi connectivity index (χ4n) is 6.72. The molecule has 0 atom stereocenters. The first kappa shape index (κ1) is 37.9. The third kappa shape index (κ3) is 6.96. The Morgan fingerprint density at radius 1 is 0.519 bits per heavy atom. The van der Waals surface area contributed by atoms with E-state index in [0.717, 1.165) is 35.5 Å². The maximum Gasteiger partial charge on any atom is 0.267 e. The van der Waals surface area contributed by atoms with E-state index < -0.39 is 23.6 Å². The zero-order chi connectivity index (χ0) is 37.9. The van der Waals surface area contributed by atoms with E-state index in [-0.39, 0.29) is 10.8 Å². The van der Waals surface area contributed by atoms with Crippen LogP contribution in [0, 0.1) is 11.8 Å². The van der Waals surface area contributed by atoms with Gasteiger partial charge in [0, 0.05) is 20.6 Å². The third-order valence-corrected chi connectivity index (χ3v) is 12.1. The molecule has 6 nitrogen and oxygen atoms in total. The van der Waals surface area contributed by atoms with Gasteiger partial charge < -0.3 is 0 Å². The van der Waals surface area contributed by atoms with E-state index >= 15 is 0 Å². The Hall–Kier alpha value is -3.88. The van der Waals surface area contributed by atoms with Crippen LogP contribution in [0.3, 0.4) is 0 Å². The molecule has 0 unspecified atom stereocenters. The van der Waals surface area contributed by atoms with Crippen LogP contribution in [0.5, 0.6) is 0 Å². The maximum absolute atomic E-state index is 14.7. The second-order valence-corrected chi connectivity index (χ2v) is 19.2. The molecule has 0 fully saturated rings. The topological polar surface area (TPSA) is 74.8 Å². The molecule has 0 spiro atoms. The van der Waals surface area contributed by atoms with Crippen molar-refractivity contribution in [3.63, 3.8) is 0 Å². The average Bonchev–Trinajstić information content (AvgIpc) is 3.06. The van der Waals surface area contributed by atoms with Crippen molar-refractivity contribution in [2.75, 3.05) is 21.3 Å². The number of hydrogen-bond donors (Lipinski definition) is 0. The largest absolute Gasteiger partial charge is 0.268 e. The molecule has 8 heteroatoms. The van der Waals surface area contributed by atoms with Crippen LogP contribution in [0.15, 0.2) is 70.5 Å². The molecular formula is C44H50N2O4S2. The van der Waals surface area contributed by atoms with E-state index in [1.54, 1.807) is 12.1 Å². The summed E-state index contributed by atoms with van der Waals surface area (Å²) in [7, 11) is 0. The number of benzene rings is 4. The highest BCUT2D eigenvalue weighted by atomic mass is 32.2. The number of carbonyl (C=O) groups excluding carboxylic acids is 4. The van der Waals surface area contributed by atoms with Crippen LogP contribution in [0.4, 0.5) is 11.4 Å². The first-order chi connectivity index (χ1) is 24.4. The Morgan fingerprint density at radius 3 is 1.13 bits per heavy atom. The molecule has 52 heavy (non-hydrogen) atoms. The molecule has 4 amide bonds. The standard InChI is InChI=1S/C44H50N2O4S2/c1-25(2)19-21-51-33-23-31-36-35-32(40(48)45(41(49)37(33)35)29-15-11-27(12-16-29)43(5,6)7)24-34(52-22-20-26(3)4)38(36)42(50)46(39(31)47)30-17-13-28(14-18-30)44(8,9)10/h11-18,23-26H,19-22H2,1-10H3. The second kappa shape index (κ2) is 14.2. The molecule has 0 aliphatic carbocycles. The van der Waals surface area contributed by atoms with Crippen LogP contribution >= 0.6 is 23.5 Å². The summed E-state index contributed by atoms with van der Waals surface area (Å²) in [6.45, 7) is 21.4. The lowest BCUT2D eigenvalue weighted by Gasteiger charge is -2.34. The number of hydrogen-bond acceptors (Lipinski definition) is 6. The molecule has 0 radical (unpaired) electrons. The van der Waals surface area contributed by atoms with Crippen LogP contribution < -0.4 is 9.80 Å². The Kier molecular flexibility index (Phi) is 10.3. The number of amides is 4. The smallest absolute Gasteiger partial charge is 0.267 e. The lowest BCUT2D eigenvalue weighted by atomic mass is 9.84. The van der Waals surface area contributed by atoms with Gasteiger partial charge in [-0.1, -0.05) is 93.5 Å². The van der Waals surface area contributed by atoms with E-state index in [1.807, 2.05) is 48.5 Å². The van der Waals surface area contributed by atoms with Crippen LogP contribution in [0.2, 0.25) is 0 Å². The summed E-state index contributed by atoms with van der Waals surface area (Å²) in [6, 6.07) is 18.8. The molecule has 4 aromatic carbocycles. The van der Waals surface area contributed by atoms with Gasteiger partial charge in [-0.25, -0.2) is 9.80 Å². The van der Waals surface area contributed by atoms with E-state index in [1.165, 1.54) is 33.3 Å². The lowest BCUT2D eigenvalue weighted by molar-refractivity contribution is 0.0870. The summed E-state index contributed by atoms with van der Waals surface area (Å²) >= 11 is 3.06. The van der Waals surface area contributed by atoms with Gasteiger partial charge in [0.2, 0.25) is 0 Å². The Bertz CT molecular complexity index is 1930. The Morgan fingerprint density at radius 2 is 0.846 bits per heavy atom. The van der Waals surface area contributed by atoms with Crippen LogP contribution in [-0.4, -0.2) is 35.1 Å². The van der Waals surface area contributed by atoms with E-state index in [9.17, 15) is 19.2 Å². The summed E-state index contributed by atoms with van der Waals surface area (Å²) in [6.07, 6.45) is 1.82. The minimum Gasteiger partial charge on any atom is -0.268 e. The maximum atomic E-state index is 14.7. The normalized spacial score (nSPS) is 14.8. The zero-order valence-electron chi connectivity index (χ0n) is 32.1. The van der Waals surface area contributed by atoms with Crippen molar-refractivity contribution in [1.82, 2.24) is 0 Å². The van der Waals surface area contributed by atoms with Gasteiger partial charge in [-0.3, -0.25) is 19.2 Å². The van der Waals surface area contributed by atoms with Crippen LogP contribution in [0.1, 0.15) is 135 Å². The minimum atomic E-state index is -0.450. The van der Waals surface area contributed by atoms with Crippen LogP contribution in [0.25, 0.3) is 10.8 Å². The Balaban J connectivity index is 1.60. The van der Waals surface area contributed by atoms with Crippen LogP contribution in [-0.2, 0) is 10.8 Å². The van der Waals surface area contributed by atoms with Gasteiger partial charge in [0.25, 0.3) is 23.6 Å². The third-order valence-electron chi connectivity index (χ3n) is 9.92. The molecule has 0 bridgehead atoms. The molecule has 6 rings (SSSR count). The first-order valence-corrected chi connectivity index (χ1v) is 20.3. The fourth-order valence-corrected chi connectivity index (χ4v) is 9.41. The van der Waals surface area contributed by atoms with Crippen molar-refractivity contribution in [3.8, 4) is 0 Å². The van der Waals surface area contributed by atoms with Crippen molar-refractivity contribution < 1.29 is 19.2 Å². The van der Waals surface area contributed by atoms with Crippen molar-refractivity contribution in [2.45, 2.75) is 103 Å². The highest BCUT2D eigenvalue weighted by Crippen LogP contribution is 2.47. The van der Waals surface area contributed by atoms with Crippen molar-refractivity contribution >= 4 is 69.3 Å². The number of carbonyl (C=O) groups is 4. The molecule has 0 saturated heterocycles. The summed E-state index contributed by atoms with van der Waals surface area (Å²) in [5, 5.41) is 0.824. The van der Waals surface area contributed by atoms with Gasteiger partial charge >= 0.3 is 0 Å². The summed E-state index contributed by atoms with van der Waals surface area (Å²) in [5.41, 5.74) is 4.42. The fraction of sp³-hybridized carbons (Fsp3) is 0.409. The molecule has 0 aromatic heterocycles. The number of anilines is 2. The van der Waals surface area contributed by atoms with Crippen molar-refractivity contribution in [1.29, 1.82) is 0 Å². The quantitative estimate of drug-likeness (QED) is 0.119. The summed E-state index contributed by atoms with van der Waals surface area (Å²) in [5.74, 6) is 0.563. The van der Waals surface area contributed by atoms with E-state index in [4.69, 9.17) is 0 Å². The summed E-state index contributed by atoms with van der Waals surface area (Å²) in [4.78, 5) is 62.6. The average molecular weight is 735 g/mol. The minimum absolute atomic E-state index is 0.100. The van der Waals surface area contributed by atoms with Gasteiger partial charge in [0.05, 0.1) is 33.6 Å². The molecule has 2 aliphatic rings. The Labute approximate surface area is 317 Å². The first-order valence-electron chi connectivity index (χ1n) is 18.3. The number of thioether (sulfide) groups is 2. The van der Waals surface area contributed by atoms with Crippen molar-refractivity contribution in [2.24, 2.45) is 11.8 Å². The van der Waals surface area contributed by atoms with Gasteiger partial charge in [-0.15, -0.1) is 23.5 Å². The van der Waals surface area contributed by atoms with Gasteiger partial charge in [0.1, 0.15) is 0 Å². The zero-order valence-corrected chi connectivity index (χ0v) is 33.7. The highest BCUT2D eigenvalue weighted by molar-refractivity contribution is 7.99. The lowest BCUT2D eigenvalue weighted by Crippen LogP contribution is -2.44. The molecule has 272 valence electrons. The van der Waals surface area contributed by atoms with Gasteiger partial charge in [0.15, 0.2) is 0 Å². The summed E-state index contributed by atoms with van der Waals surface area (Å²) < 4.78 is 0. The molecular weight excluding hydrogens is 685 g/mol. The molecule has 2 heterocycles. The number of rotatable bonds is 10. The second-order valence-electron chi connectivity index (χ2n) is 16.9. The van der Waals surface area contributed by atoms with E-state index in [0.29, 0.717) is 66.0 Å². The van der Waals surface area contributed by atoms with Crippen molar-refractivity contribution in [3.05, 3.63) is 94.0 Å². The predicted molar refractivity (Wildman–Crippen MR) is 217 cm³/mol. The van der Waals surface area contributed by atoms with Gasteiger partial charge in [-0.05, 0) is 94.5 Å². The van der Waals surface area contributed by atoms with E-state index in [2.05, 4.69) is 69.2 Å². The predicted octanol–water partition coefficient (Wildman–Crippen LogP) is 11.3. The molecule has 0 saturated carbocycles.